The third kappa shape index (κ3) is 4.69. The van der Waals surface area contributed by atoms with Crippen LogP contribution in [0.2, 0.25) is 0 Å². The van der Waals surface area contributed by atoms with Crippen LogP contribution < -0.4 is 10.6 Å². The predicted octanol–water partition coefficient (Wildman–Crippen LogP) is 2.99. The van der Waals surface area contributed by atoms with Crippen molar-refractivity contribution in [3.8, 4) is 0 Å². The Hall–Kier alpha value is -2.87. The lowest BCUT2D eigenvalue weighted by Crippen LogP contribution is -2.42. The van der Waals surface area contributed by atoms with Crippen molar-refractivity contribution in [1.29, 1.82) is 0 Å². The number of carbonyl (C=O) groups is 2. The molecule has 1 atom stereocenters. The summed E-state index contributed by atoms with van der Waals surface area (Å²) in [4.78, 5) is 26.5. The molecule has 0 bridgehead atoms. The second kappa shape index (κ2) is 8.43. The number of rotatable bonds is 7. The molecule has 0 spiro atoms. The van der Waals surface area contributed by atoms with Crippen molar-refractivity contribution < 1.29 is 22.8 Å². The second-order valence-corrected chi connectivity index (χ2v) is 6.78. The van der Waals surface area contributed by atoms with Gasteiger partial charge in [0.25, 0.3) is 0 Å². The van der Waals surface area contributed by atoms with Crippen LogP contribution in [0.1, 0.15) is 24.4 Å². The van der Waals surface area contributed by atoms with Gasteiger partial charge in [-0.2, -0.15) is 0 Å². The minimum atomic E-state index is -1.66. The molecule has 2 aromatic carbocycles. The van der Waals surface area contributed by atoms with Crippen LogP contribution in [0.3, 0.4) is 0 Å². The standard InChI is InChI=1S/C20H20F3N3O2/c1-26(11-16(27)25-15-10-9-14(21)17(22)18(15)23)19(12-5-3-2-4-6-12)20(28)24-13-7-8-13/h2-6,9-10,13,19H,7-8,11H2,1H3,(H,24,28)(H,25,27)/t19-/m0/s1. The Kier molecular flexibility index (Phi) is 5.99. The SMILES string of the molecule is CN(CC(=O)Nc1ccc(F)c(F)c1F)[C@H](C(=O)NC1CC1)c1ccccc1. The van der Waals surface area contributed by atoms with E-state index in [1.807, 2.05) is 6.07 Å². The van der Waals surface area contributed by atoms with E-state index in [-0.39, 0.29) is 18.5 Å². The van der Waals surface area contributed by atoms with Crippen molar-refractivity contribution in [2.75, 3.05) is 18.9 Å². The van der Waals surface area contributed by atoms with Crippen LogP contribution in [0, 0.1) is 17.5 Å². The number of likely N-dealkylation sites (N-methyl/N-ethyl adjacent to an activating group) is 1. The van der Waals surface area contributed by atoms with Gasteiger partial charge in [-0.05, 0) is 37.6 Å². The van der Waals surface area contributed by atoms with Crippen molar-refractivity contribution in [3.63, 3.8) is 0 Å². The van der Waals surface area contributed by atoms with Crippen LogP contribution in [0.4, 0.5) is 18.9 Å². The highest BCUT2D eigenvalue weighted by atomic mass is 19.2. The molecule has 0 radical (unpaired) electrons. The van der Waals surface area contributed by atoms with E-state index in [4.69, 9.17) is 0 Å². The third-order valence-electron chi connectivity index (χ3n) is 4.43. The van der Waals surface area contributed by atoms with Crippen molar-refractivity contribution >= 4 is 17.5 Å². The number of hydrogen-bond acceptors (Lipinski definition) is 3. The van der Waals surface area contributed by atoms with Gasteiger partial charge in [-0.15, -0.1) is 0 Å². The Balaban J connectivity index is 1.72. The van der Waals surface area contributed by atoms with E-state index in [0.717, 1.165) is 25.0 Å². The first kappa shape index (κ1) is 19.9. The largest absolute Gasteiger partial charge is 0.352 e. The molecular weight excluding hydrogens is 371 g/mol. The quantitative estimate of drug-likeness (QED) is 0.714. The number of benzene rings is 2. The number of halogens is 3. The zero-order valence-electron chi connectivity index (χ0n) is 15.2. The molecule has 0 aliphatic heterocycles. The van der Waals surface area contributed by atoms with Gasteiger partial charge in [0.1, 0.15) is 6.04 Å². The smallest absolute Gasteiger partial charge is 0.242 e. The highest BCUT2D eigenvalue weighted by Gasteiger charge is 2.31. The third-order valence-corrected chi connectivity index (χ3v) is 4.43. The van der Waals surface area contributed by atoms with Gasteiger partial charge in [0.15, 0.2) is 17.5 Å². The van der Waals surface area contributed by atoms with E-state index in [9.17, 15) is 22.8 Å². The van der Waals surface area contributed by atoms with Crippen LogP contribution in [-0.4, -0.2) is 36.3 Å². The fraction of sp³-hybridized carbons (Fsp3) is 0.300. The maximum atomic E-state index is 13.8. The molecule has 3 rings (SSSR count). The summed E-state index contributed by atoms with van der Waals surface area (Å²) in [7, 11) is 1.59. The van der Waals surface area contributed by atoms with Gasteiger partial charge in [0.05, 0.1) is 12.2 Å². The molecule has 0 heterocycles. The topological polar surface area (TPSA) is 61.4 Å². The molecule has 0 saturated heterocycles. The summed E-state index contributed by atoms with van der Waals surface area (Å²) in [5.74, 6) is -5.36. The molecule has 1 fully saturated rings. The Labute approximate surface area is 160 Å². The Morgan fingerprint density at radius 2 is 1.75 bits per heavy atom. The van der Waals surface area contributed by atoms with Gasteiger partial charge >= 0.3 is 0 Å². The number of anilines is 1. The fourth-order valence-electron chi connectivity index (χ4n) is 2.88. The first-order valence-corrected chi connectivity index (χ1v) is 8.85. The first-order valence-electron chi connectivity index (χ1n) is 8.85. The zero-order valence-corrected chi connectivity index (χ0v) is 15.2. The number of nitrogens with zero attached hydrogens (tertiary/aromatic N) is 1. The minimum Gasteiger partial charge on any atom is -0.352 e. The molecule has 8 heteroatoms. The molecule has 0 unspecified atom stereocenters. The Bertz CT molecular complexity index is 872. The number of nitrogens with one attached hydrogen (secondary N) is 2. The van der Waals surface area contributed by atoms with E-state index in [0.29, 0.717) is 5.56 Å². The van der Waals surface area contributed by atoms with E-state index >= 15 is 0 Å². The van der Waals surface area contributed by atoms with E-state index in [2.05, 4.69) is 10.6 Å². The van der Waals surface area contributed by atoms with Crippen molar-refractivity contribution in [3.05, 3.63) is 65.5 Å². The van der Waals surface area contributed by atoms with E-state index in [1.165, 1.54) is 4.90 Å². The average molecular weight is 391 g/mol. The summed E-state index contributed by atoms with van der Waals surface area (Å²) in [5.41, 5.74) is 0.242. The van der Waals surface area contributed by atoms with Crippen LogP contribution >= 0.6 is 0 Å². The number of amides is 2. The maximum Gasteiger partial charge on any atom is 0.242 e. The summed E-state index contributed by atoms with van der Waals surface area (Å²) < 4.78 is 40.1. The molecule has 28 heavy (non-hydrogen) atoms. The monoisotopic (exact) mass is 391 g/mol. The number of hydrogen-bond donors (Lipinski definition) is 2. The van der Waals surface area contributed by atoms with Crippen molar-refractivity contribution in [1.82, 2.24) is 10.2 Å². The Morgan fingerprint density at radius 1 is 1.07 bits per heavy atom. The minimum absolute atomic E-state index is 0.150. The molecule has 1 aliphatic carbocycles. The van der Waals surface area contributed by atoms with Gasteiger partial charge in [-0.1, -0.05) is 30.3 Å². The molecule has 2 N–H and O–H groups in total. The van der Waals surface area contributed by atoms with Crippen LogP contribution in [-0.2, 0) is 9.59 Å². The van der Waals surface area contributed by atoms with E-state index in [1.54, 1.807) is 31.3 Å². The van der Waals surface area contributed by atoms with Gasteiger partial charge in [0, 0.05) is 6.04 Å². The zero-order chi connectivity index (χ0) is 20.3. The van der Waals surface area contributed by atoms with Gasteiger partial charge < -0.3 is 10.6 Å². The Morgan fingerprint density at radius 3 is 2.39 bits per heavy atom. The van der Waals surface area contributed by atoms with Gasteiger partial charge in [-0.25, -0.2) is 13.2 Å². The van der Waals surface area contributed by atoms with Crippen LogP contribution in [0.15, 0.2) is 42.5 Å². The molecule has 148 valence electrons. The highest BCUT2D eigenvalue weighted by Crippen LogP contribution is 2.24. The van der Waals surface area contributed by atoms with Gasteiger partial charge in [0.2, 0.25) is 11.8 Å². The van der Waals surface area contributed by atoms with Crippen molar-refractivity contribution in [2.24, 2.45) is 0 Å². The molecule has 2 amide bonds. The molecule has 1 aliphatic rings. The second-order valence-electron chi connectivity index (χ2n) is 6.78. The highest BCUT2D eigenvalue weighted by molar-refractivity contribution is 5.93. The lowest BCUT2D eigenvalue weighted by Gasteiger charge is -2.27. The summed E-state index contributed by atoms with van der Waals surface area (Å²) in [6, 6.07) is 10.1. The predicted molar refractivity (Wildman–Crippen MR) is 97.9 cm³/mol. The van der Waals surface area contributed by atoms with Gasteiger partial charge in [-0.3, -0.25) is 14.5 Å². The van der Waals surface area contributed by atoms with Crippen LogP contribution in [0.25, 0.3) is 0 Å². The lowest BCUT2D eigenvalue weighted by molar-refractivity contribution is -0.127. The molecule has 0 aromatic heterocycles. The normalized spacial score (nSPS) is 14.6. The summed E-state index contributed by atoms with van der Waals surface area (Å²) in [6.07, 6.45) is 1.85. The molecule has 1 saturated carbocycles. The first-order chi connectivity index (χ1) is 13.4. The fourth-order valence-corrected chi connectivity index (χ4v) is 2.88. The summed E-state index contributed by atoms with van der Waals surface area (Å²) >= 11 is 0. The van der Waals surface area contributed by atoms with Crippen molar-refractivity contribution in [2.45, 2.75) is 24.9 Å². The molecular formula is C20H20F3N3O2. The maximum absolute atomic E-state index is 13.8. The molecule has 2 aromatic rings. The molecule has 5 nitrogen and oxygen atoms in total. The van der Waals surface area contributed by atoms with Crippen LogP contribution in [0.5, 0.6) is 0 Å². The lowest BCUT2D eigenvalue weighted by atomic mass is 10.0. The number of carbonyl (C=O) groups excluding carboxylic acids is 2. The summed E-state index contributed by atoms with van der Waals surface area (Å²) in [6.45, 7) is -0.254. The average Bonchev–Trinajstić information content (AvgIpc) is 3.47. The summed E-state index contributed by atoms with van der Waals surface area (Å²) in [5, 5.41) is 5.13. The van der Waals surface area contributed by atoms with E-state index < -0.39 is 35.1 Å².